The summed E-state index contributed by atoms with van der Waals surface area (Å²) in [6, 6.07) is -0.260. The molecule has 3 amide bonds. The van der Waals surface area contributed by atoms with Crippen LogP contribution in [0.5, 0.6) is 0 Å². The normalized spacial score (nSPS) is 15.1. The van der Waals surface area contributed by atoms with E-state index in [1.165, 1.54) is 4.90 Å². The molecule has 1 saturated heterocycles. The first-order chi connectivity index (χ1) is 10.1. The number of carbonyl (C=O) groups excluding carboxylic acids is 2. The molecule has 0 aromatic heterocycles. The van der Waals surface area contributed by atoms with Gasteiger partial charge < -0.3 is 10.4 Å². The average Bonchev–Trinajstić information content (AvgIpc) is 2.43. The van der Waals surface area contributed by atoms with Gasteiger partial charge in [0.15, 0.2) is 0 Å². The van der Waals surface area contributed by atoms with Gasteiger partial charge in [0, 0.05) is 25.9 Å². The fraction of sp³-hybridized carbons (Fsp3) is 0.800. The van der Waals surface area contributed by atoms with Crippen molar-refractivity contribution in [1.82, 2.24) is 10.2 Å². The lowest BCUT2D eigenvalue weighted by Gasteiger charge is -2.25. The van der Waals surface area contributed by atoms with E-state index in [0.717, 1.165) is 51.4 Å². The second-order valence-electron chi connectivity index (χ2n) is 5.50. The van der Waals surface area contributed by atoms with Crippen LogP contribution in [0.15, 0.2) is 0 Å². The quantitative estimate of drug-likeness (QED) is 0.574. The van der Waals surface area contributed by atoms with Crippen LogP contribution in [0, 0.1) is 0 Å². The number of carboxylic acid groups (broad SMARTS) is 1. The van der Waals surface area contributed by atoms with Gasteiger partial charge in [-0.05, 0) is 12.8 Å². The summed E-state index contributed by atoms with van der Waals surface area (Å²) in [5.74, 6) is -0.788. The van der Waals surface area contributed by atoms with E-state index in [2.05, 4.69) is 5.32 Å². The highest BCUT2D eigenvalue weighted by atomic mass is 16.4. The van der Waals surface area contributed by atoms with Crippen LogP contribution in [-0.4, -0.2) is 41.0 Å². The molecule has 0 unspecified atom stereocenters. The molecule has 1 aliphatic rings. The maximum Gasteiger partial charge on any atom is 0.324 e. The highest BCUT2D eigenvalue weighted by Crippen LogP contribution is 2.11. The molecule has 0 radical (unpaired) electrons. The lowest BCUT2D eigenvalue weighted by Crippen LogP contribution is -2.50. The van der Waals surface area contributed by atoms with Crippen LogP contribution in [0.25, 0.3) is 0 Å². The van der Waals surface area contributed by atoms with Crippen LogP contribution in [0.3, 0.4) is 0 Å². The SMILES string of the molecule is O=C(O)CCCCCCCCCCN1C(=O)CCNC1=O. The molecule has 1 heterocycles. The molecule has 0 saturated carbocycles. The monoisotopic (exact) mass is 298 g/mol. The number of aliphatic carboxylic acids is 1. The zero-order valence-electron chi connectivity index (χ0n) is 12.6. The van der Waals surface area contributed by atoms with Crippen LogP contribution in [0.4, 0.5) is 4.79 Å². The van der Waals surface area contributed by atoms with Gasteiger partial charge in [-0.25, -0.2) is 4.79 Å². The molecule has 6 heteroatoms. The first kappa shape index (κ1) is 17.5. The van der Waals surface area contributed by atoms with Gasteiger partial charge in [0.2, 0.25) is 5.91 Å². The minimum atomic E-state index is -0.716. The molecule has 2 N–H and O–H groups in total. The highest BCUT2D eigenvalue weighted by molar-refractivity contribution is 5.96. The Labute approximate surface area is 125 Å². The second-order valence-corrected chi connectivity index (χ2v) is 5.50. The Kier molecular flexibility index (Phi) is 8.47. The Morgan fingerprint density at radius 3 is 2.14 bits per heavy atom. The van der Waals surface area contributed by atoms with Crippen molar-refractivity contribution in [3.05, 3.63) is 0 Å². The number of nitrogens with one attached hydrogen (secondary N) is 1. The summed E-state index contributed by atoms with van der Waals surface area (Å²) in [4.78, 5) is 34.7. The van der Waals surface area contributed by atoms with E-state index in [1.807, 2.05) is 0 Å². The van der Waals surface area contributed by atoms with Gasteiger partial charge >= 0.3 is 12.0 Å². The molecular weight excluding hydrogens is 272 g/mol. The number of rotatable bonds is 11. The van der Waals surface area contributed by atoms with Gasteiger partial charge in [-0.3, -0.25) is 14.5 Å². The summed E-state index contributed by atoms with van der Waals surface area (Å²) in [7, 11) is 0. The van der Waals surface area contributed by atoms with Crippen molar-refractivity contribution in [2.75, 3.05) is 13.1 Å². The van der Waals surface area contributed by atoms with Gasteiger partial charge in [-0.2, -0.15) is 0 Å². The Bertz CT molecular complexity index is 342. The summed E-state index contributed by atoms with van der Waals surface area (Å²) < 4.78 is 0. The van der Waals surface area contributed by atoms with E-state index in [1.54, 1.807) is 0 Å². The molecule has 1 aliphatic heterocycles. The molecule has 21 heavy (non-hydrogen) atoms. The van der Waals surface area contributed by atoms with Gasteiger partial charge in [0.25, 0.3) is 0 Å². The maximum atomic E-state index is 11.5. The number of unbranched alkanes of at least 4 members (excludes halogenated alkanes) is 7. The third-order valence-electron chi connectivity index (χ3n) is 3.68. The number of carbonyl (C=O) groups is 3. The molecule has 1 rings (SSSR count). The lowest BCUT2D eigenvalue weighted by atomic mass is 10.1. The number of hydrogen-bond acceptors (Lipinski definition) is 3. The number of hydrogen-bond donors (Lipinski definition) is 2. The molecule has 0 aromatic carbocycles. The zero-order chi connectivity index (χ0) is 15.5. The first-order valence-electron chi connectivity index (χ1n) is 7.91. The molecule has 6 nitrogen and oxygen atoms in total. The van der Waals surface area contributed by atoms with Crippen molar-refractivity contribution in [3.63, 3.8) is 0 Å². The number of imide groups is 1. The zero-order valence-corrected chi connectivity index (χ0v) is 12.6. The van der Waals surface area contributed by atoms with Crippen LogP contribution < -0.4 is 5.32 Å². The number of nitrogens with zero attached hydrogens (tertiary/aromatic N) is 1. The minimum Gasteiger partial charge on any atom is -0.481 e. The summed E-state index contributed by atoms with van der Waals surface area (Å²) in [5, 5.41) is 11.2. The van der Waals surface area contributed by atoms with E-state index in [4.69, 9.17) is 5.11 Å². The lowest BCUT2D eigenvalue weighted by molar-refractivity contribution is -0.137. The van der Waals surface area contributed by atoms with E-state index in [0.29, 0.717) is 19.5 Å². The first-order valence-corrected chi connectivity index (χ1v) is 7.91. The van der Waals surface area contributed by atoms with Crippen molar-refractivity contribution in [1.29, 1.82) is 0 Å². The van der Waals surface area contributed by atoms with Crippen molar-refractivity contribution in [2.24, 2.45) is 0 Å². The summed E-state index contributed by atoms with van der Waals surface area (Å²) in [5.41, 5.74) is 0. The van der Waals surface area contributed by atoms with Crippen molar-refractivity contribution < 1.29 is 19.5 Å². The van der Waals surface area contributed by atoms with Gasteiger partial charge in [-0.15, -0.1) is 0 Å². The largest absolute Gasteiger partial charge is 0.481 e. The topological polar surface area (TPSA) is 86.7 Å². The maximum absolute atomic E-state index is 11.5. The number of urea groups is 1. The number of amides is 3. The van der Waals surface area contributed by atoms with E-state index in [-0.39, 0.29) is 18.4 Å². The van der Waals surface area contributed by atoms with Crippen LogP contribution in [0.2, 0.25) is 0 Å². The molecule has 0 bridgehead atoms. The summed E-state index contributed by atoms with van der Waals surface area (Å²) >= 11 is 0. The fourth-order valence-corrected chi connectivity index (χ4v) is 2.45. The Hall–Kier alpha value is -1.59. The Morgan fingerprint density at radius 1 is 1.00 bits per heavy atom. The Morgan fingerprint density at radius 2 is 1.57 bits per heavy atom. The van der Waals surface area contributed by atoms with Crippen LogP contribution in [0.1, 0.15) is 64.2 Å². The third-order valence-corrected chi connectivity index (χ3v) is 3.68. The molecular formula is C15H26N2O4. The molecule has 120 valence electrons. The van der Waals surface area contributed by atoms with Crippen molar-refractivity contribution in [2.45, 2.75) is 64.2 Å². The fourth-order valence-electron chi connectivity index (χ4n) is 2.45. The Balaban J connectivity index is 1.91. The van der Waals surface area contributed by atoms with Gasteiger partial charge in [0.1, 0.15) is 0 Å². The second kappa shape index (κ2) is 10.2. The average molecular weight is 298 g/mol. The van der Waals surface area contributed by atoms with Crippen molar-refractivity contribution in [3.8, 4) is 0 Å². The minimum absolute atomic E-state index is 0.0721. The molecule has 1 fully saturated rings. The predicted octanol–water partition coefficient (Wildman–Crippen LogP) is 2.52. The number of carboxylic acids is 1. The van der Waals surface area contributed by atoms with Gasteiger partial charge in [0.05, 0.1) is 0 Å². The van der Waals surface area contributed by atoms with E-state index >= 15 is 0 Å². The molecule has 0 aliphatic carbocycles. The van der Waals surface area contributed by atoms with Gasteiger partial charge in [-0.1, -0.05) is 38.5 Å². The van der Waals surface area contributed by atoms with E-state index in [9.17, 15) is 14.4 Å². The molecule has 0 spiro atoms. The highest BCUT2D eigenvalue weighted by Gasteiger charge is 2.24. The standard InChI is InChI=1S/C15H26N2O4/c18-13-10-11-16-15(21)17(13)12-8-6-4-2-1-3-5-7-9-14(19)20/h1-12H2,(H,16,21)(H,19,20). The smallest absolute Gasteiger partial charge is 0.324 e. The third kappa shape index (κ3) is 7.68. The van der Waals surface area contributed by atoms with Crippen LogP contribution >= 0.6 is 0 Å². The summed E-state index contributed by atoms with van der Waals surface area (Å²) in [6.07, 6.45) is 8.74. The van der Waals surface area contributed by atoms with Crippen molar-refractivity contribution >= 4 is 17.9 Å². The van der Waals surface area contributed by atoms with E-state index < -0.39 is 5.97 Å². The summed E-state index contributed by atoms with van der Waals surface area (Å²) in [6.45, 7) is 0.972. The molecule has 0 aromatic rings. The predicted molar refractivity (Wildman–Crippen MR) is 78.9 cm³/mol. The van der Waals surface area contributed by atoms with Crippen LogP contribution in [-0.2, 0) is 9.59 Å². The molecule has 0 atom stereocenters.